The van der Waals surface area contributed by atoms with Crippen molar-refractivity contribution in [1.29, 1.82) is 0 Å². The average molecular weight is 344 g/mol. The lowest BCUT2D eigenvalue weighted by Gasteiger charge is -2.06. The van der Waals surface area contributed by atoms with E-state index in [1.54, 1.807) is 0 Å². The van der Waals surface area contributed by atoms with E-state index in [1.165, 1.54) is 18.4 Å². The van der Waals surface area contributed by atoms with Crippen LogP contribution in [0.3, 0.4) is 0 Å². The van der Waals surface area contributed by atoms with Gasteiger partial charge in [0, 0.05) is 16.9 Å². The van der Waals surface area contributed by atoms with Crippen LogP contribution in [-0.4, -0.2) is 19.8 Å². The van der Waals surface area contributed by atoms with Crippen LogP contribution in [0.15, 0.2) is 40.9 Å². The van der Waals surface area contributed by atoms with Crippen molar-refractivity contribution in [3.05, 3.63) is 52.3 Å². The molecule has 1 N–H and O–H groups in total. The van der Waals surface area contributed by atoms with Gasteiger partial charge in [-0.3, -0.25) is 0 Å². The molecule has 0 spiro atoms. The highest BCUT2D eigenvalue weighted by Gasteiger charge is 2.29. The van der Waals surface area contributed by atoms with Crippen LogP contribution in [-0.2, 0) is 6.54 Å². The molecule has 2 heterocycles. The third kappa shape index (κ3) is 2.63. The number of anilines is 1. The van der Waals surface area contributed by atoms with Crippen molar-refractivity contribution in [3.8, 4) is 0 Å². The Kier molecular flexibility index (Phi) is 3.11. The minimum absolute atomic E-state index is 0.536. The maximum atomic E-state index is 4.60. The van der Waals surface area contributed by atoms with Crippen LogP contribution < -0.4 is 5.32 Å². The number of benzene rings is 1. The fraction of sp³-hybridized carbons (Fsp3) is 0.267. The van der Waals surface area contributed by atoms with Crippen LogP contribution in [0.25, 0.3) is 5.65 Å². The largest absolute Gasteiger partial charge is 0.365 e. The SMILES string of the molecule is Brc1ccc(CNc2ccc3nnc(C4CC4)n3n2)cc1. The predicted molar refractivity (Wildman–Crippen MR) is 84.2 cm³/mol. The predicted octanol–water partition coefficient (Wildman–Crippen LogP) is 3.38. The van der Waals surface area contributed by atoms with E-state index in [-0.39, 0.29) is 0 Å². The molecule has 0 bridgehead atoms. The topological polar surface area (TPSA) is 55.1 Å². The van der Waals surface area contributed by atoms with Gasteiger partial charge in [-0.15, -0.1) is 15.3 Å². The second-order valence-corrected chi connectivity index (χ2v) is 6.22. The first-order valence-electron chi connectivity index (χ1n) is 7.00. The van der Waals surface area contributed by atoms with Gasteiger partial charge < -0.3 is 5.32 Å². The summed E-state index contributed by atoms with van der Waals surface area (Å²) in [5.41, 5.74) is 2.03. The van der Waals surface area contributed by atoms with Gasteiger partial charge in [0.25, 0.3) is 0 Å². The van der Waals surface area contributed by atoms with E-state index in [0.29, 0.717) is 5.92 Å². The molecule has 1 saturated carbocycles. The van der Waals surface area contributed by atoms with Gasteiger partial charge >= 0.3 is 0 Å². The summed E-state index contributed by atoms with van der Waals surface area (Å²) in [5.74, 6) is 2.36. The van der Waals surface area contributed by atoms with Gasteiger partial charge in [0.15, 0.2) is 11.5 Å². The molecule has 21 heavy (non-hydrogen) atoms. The Balaban J connectivity index is 1.55. The molecule has 3 aromatic rings. The third-order valence-corrected chi connectivity index (χ3v) is 4.14. The fourth-order valence-electron chi connectivity index (χ4n) is 2.29. The summed E-state index contributed by atoms with van der Waals surface area (Å²) in [6.45, 7) is 0.743. The Hall–Kier alpha value is -1.95. The molecule has 0 atom stereocenters. The molecular weight excluding hydrogens is 330 g/mol. The van der Waals surface area contributed by atoms with Gasteiger partial charge in [0.1, 0.15) is 5.82 Å². The molecule has 5 nitrogen and oxygen atoms in total. The van der Waals surface area contributed by atoms with Crippen LogP contribution >= 0.6 is 15.9 Å². The Bertz CT molecular complexity index is 776. The van der Waals surface area contributed by atoms with E-state index in [4.69, 9.17) is 0 Å². The summed E-state index contributed by atoms with van der Waals surface area (Å²) < 4.78 is 2.95. The van der Waals surface area contributed by atoms with Gasteiger partial charge in [0.2, 0.25) is 0 Å². The molecule has 0 amide bonds. The van der Waals surface area contributed by atoms with Crippen molar-refractivity contribution < 1.29 is 0 Å². The summed E-state index contributed by atoms with van der Waals surface area (Å²) in [6, 6.07) is 12.2. The molecule has 1 aromatic carbocycles. The first-order valence-corrected chi connectivity index (χ1v) is 7.79. The number of fused-ring (bicyclic) bond motifs is 1. The van der Waals surface area contributed by atoms with Crippen LogP contribution in [0.2, 0.25) is 0 Å². The number of rotatable bonds is 4. The zero-order valence-corrected chi connectivity index (χ0v) is 12.9. The highest BCUT2D eigenvalue weighted by atomic mass is 79.9. The first-order chi connectivity index (χ1) is 10.3. The molecule has 6 heteroatoms. The Morgan fingerprint density at radius 2 is 1.90 bits per heavy atom. The van der Waals surface area contributed by atoms with Crippen molar-refractivity contribution >= 4 is 27.4 Å². The normalized spacial score (nSPS) is 14.5. The monoisotopic (exact) mass is 343 g/mol. The highest BCUT2D eigenvalue weighted by Crippen LogP contribution is 2.38. The van der Waals surface area contributed by atoms with E-state index in [1.807, 2.05) is 28.8 Å². The molecule has 106 valence electrons. The van der Waals surface area contributed by atoms with Crippen molar-refractivity contribution in [2.75, 3.05) is 5.32 Å². The third-order valence-electron chi connectivity index (χ3n) is 3.62. The van der Waals surface area contributed by atoms with Crippen molar-refractivity contribution in [2.24, 2.45) is 0 Å². The Labute approximate surface area is 130 Å². The van der Waals surface area contributed by atoms with Crippen LogP contribution in [0.1, 0.15) is 30.1 Å². The summed E-state index contributed by atoms with van der Waals surface area (Å²) in [7, 11) is 0. The average Bonchev–Trinajstić information content (AvgIpc) is 3.26. The van der Waals surface area contributed by atoms with Gasteiger partial charge in [-0.1, -0.05) is 28.1 Å². The second-order valence-electron chi connectivity index (χ2n) is 5.30. The van der Waals surface area contributed by atoms with Gasteiger partial charge in [-0.2, -0.15) is 4.52 Å². The first kappa shape index (κ1) is 12.8. The molecule has 4 rings (SSSR count). The molecule has 0 unspecified atom stereocenters. The van der Waals surface area contributed by atoms with Crippen molar-refractivity contribution in [2.45, 2.75) is 25.3 Å². The standard InChI is InChI=1S/C15H14BrN5/c16-12-5-1-10(2-6-12)9-17-13-7-8-14-18-19-15(11-3-4-11)21(14)20-13/h1-2,5-8,11H,3-4,9H2,(H,17,20). The zero-order chi connectivity index (χ0) is 14.2. The van der Waals surface area contributed by atoms with Crippen LogP contribution in [0, 0.1) is 0 Å². The number of nitrogens with zero attached hydrogens (tertiary/aromatic N) is 4. The minimum Gasteiger partial charge on any atom is -0.365 e. The van der Waals surface area contributed by atoms with Crippen LogP contribution in [0.5, 0.6) is 0 Å². The molecule has 0 saturated heterocycles. The Morgan fingerprint density at radius 1 is 1.10 bits per heavy atom. The number of nitrogens with one attached hydrogen (secondary N) is 1. The second kappa shape index (κ2) is 5.11. The van der Waals surface area contributed by atoms with E-state index >= 15 is 0 Å². The number of halogens is 1. The minimum atomic E-state index is 0.536. The maximum absolute atomic E-state index is 4.60. The van der Waals surface area contributed by atoms with E-state index < -0.39 is 0 Å². The van der Waals surface area contributed by atoms with E-state index in [9.17, 15) is 0 Å². The summed E-state index contributed by atoms with van der Waals surface area (Å²) in [5, 5.41) is 16.4. The smallest absolute Gasteiger partial charge is 0.178 e. The van der Waals surface area contributed by atoms with E-state index in [0.717, 1.165) is 28.3 Å². The van der Waals surface area contributed by atoms with E-state index in [2.05, 4.69) is 48.7 Å². The molecule has 1 aliphatic carbocycles. The number of aromatic nitrogens is 4. The Morgan fingerprint density at radius 3 is 2.67 bits per heavy atom. The molecular formula is C15H14BrN5. The molecule has 1 fully saturated rings. The number of hydrogen-bond acceptors (Lipinski definition) is 4. The highest BCUT2D eigenvalue weighted by molar-refractivity contribution is 9.10. The fourth-order valence-corrected chi connectivity index (χ4v) is 2.56. The van der Waals surface area contributed by atoms with Crippen molar-refractivity contribution in [3.63, 3.8) is 0 Å². The lowest BCUT2D eigenvalue weighted by Crippen LogP contribution is -2.05. The quantitative estimate of drug-likeness (QED) is 0.788. The lowest BCUT2D eigenvalue weighted by atomic mass is 10.2. The van der Waals surface area contributed by atoms with Gasteiger partial charge in [-0.25, -0.2) is 0 Å². The van der Waals surface area contributed by atoms with Crippen molar-refractivity contribution in [1.82, 2.24) is 19.8 Å². The molecule has 2 aromatic heterocycles. The summed E-state index contributed by atoms with van der Waals surface area (Å²) >= 11 is 3.44. The summed E-state index contributed by atoms with van der Waals surface area (Å²) in [4.78, 5) is 0. The maximum Gasteiger partial charge on any atom is 0.178 e. The number of hydrogen-bond donors (Lipinski definition) is 1. The van der Waals surface area contributed by atoms with Gasteiger partial charge in [0.05, 0.1) is 0 Å². The zero-order valence-electron chi connectivity index (χ0n) is 11.3. The molecule has 1 aliphatic rings. The summed E-state index contributed by atoms with van der Waals surface area (Å²) in [6.07, 6.45) is 2.39. The van der Waals surface area contributed by atoms with Gasteiger partial charge in [-0.05, 0) is 42.7 Å². The lowest BCUT2D eigenvalue weighted by molar-refractivity contribution is 0.814. The molecule has 0 radical (unpaired) electrons. The van der Waals surface area contributed by atoms with Crippen LogP contribution in [0.4, 0.5) is 5.82 Å². The molecule has 0 aliphatic heterocycles.